The van der Waals surface area contributed by atoms with Crippen LogP contribution >= 0.6 is 0 Å². The molecule has 1 saturated heterocycles. The van der Waals surface area contributed by atoms with Gasteiger partial charge in [0, 0.05) is 31.6 Å². The average Bonchev–Trinajstić information content (AvgIpc) is 2.87. The molecule has 36 heavy (non-hydrogen) atoms. The van der Waals surface area contributed by atoms with Gasteiger partial charge in [0.15, 0.2) is 0 Å². The van der Waals surface area contributed by atoms with E-state index in [0.29, 0.717) is 49.9 Å². The molecule has 0 unspecified atom stereocenters. The molecule has 1 aliphatic heterocycles. The summed E-state index contributed by atoms with van der Waals surface area (Å²) in [5, 5.41) is 12.9. The Balaban J connectivity index is 1.49. The summed E-state index contributed by atoms with van der Waals surface area (Å²) in [6.07, 6.45) is 0. The molecule has 3 N–H and O–H groups in total. The smallest absolute Gasteiger partial charge is 0.243 e. The summed E-state index contributed by atoms with van der Waals surface area (Å²) in [7, 11) is -3.64. The number of primary amides is 1. The fourth-order valence-electron chi connectivity index (χ4n) is 4.20. The number of nitrogens with two attached hydrogens (primary N) is 1. The number of sulfonamides is 1. The van der Waals surface area contributed by atoms with Gasteiger partial charge < -0.3 is 11.1 Å². The van der Waals surface area contributed by atoms with E-state index in [1.54, 1.807) is 0 Å². The number of benzene rings is 2. The standard InChI is InChI=1S/C25H29N7O3S/c1-17(2)23(24(27)33)30-25-20-5-3-4-6-21(20)28-22(29-25)16-31-11-13-32(14-12-31)36(34,35)19-9-7-18(15-26)8-10-19/h3-10,17,23H,11-14,16H2,1-2H3,(H2,27,33)(H,28,29,30)/t23-/m0/s1. The highest BCUT2D eigenvalue weighted by Gasteiger charge is 2.29. The van der Waals surface area contributed by atoms with E-state index in [-0.39, 0.29) is 10.8 Å². The van der Waals surface area contributed by atoms with Gasteiger partial charge in [-0.25, -0.2) is 18.4 Å². The van der Waals surface area contributed by atoms with Crippen LogP contribution in [0, 0.1) is 17.2 Å². The number of hydrogen-bond acceptors (Lipinski definition) is 8. The monoisotopic (exact) mass is 507 g/mol. The third-order valence-corrected chi connectivity index (χ3v) is 8.15. The van der Waals surface area contributed by atoms with Crippen molar-refractivity contribution in [1.29, 1.82) is 5.26 Å². The van der Waals surface area contributed by atoms with Crippen LogP contribution in [0.15, 0.2) is 53.4 Å². The molecule has 1 atom stereocenters. The zero-order valence-electron chi connectivity index (χ0n) is 20.3. The number of fused-ring (bicyclic) bond motifs is 1. The molecule has 0 radical (unpaired) electrons. The molecular weight excluding hydrogens is 478 g/mol. The molecule has 1 aromatic heterocycles. The van der Waals surface area contributed by atoms with Crippen LogP contribution < -0.4 is 11.1 Å². The molecule has 0 bridgehead atoms. The van der Waals surface area contributed by atoms with Crippen molar-refractivity contribution in [3.05, 3.63) is 59.9 Å². The first-order valence-corrected chi connectivity index (χ1v) is 13.2. The number of carbonyl (C=O) groups is 1. The number of piperazine rings is 1. The predicted molar refractivity (Wildman–Crippen MR) is 136 cm³/mol. The third kappa shape index (κ3) is 5.46. The number of hydrogen-bond donors (Lipinski definition) is 2. The number of nitrogens with zero attached hydrogens (tertiary/aromatic N) is 5. The van der Waals surface area contributed by atoms with Gasteiger partial charge in [0.1, 0.15) is 17.7 Å². The van der Waals surface area contributed by atoms with E-state index in [1.165, 1.54) is 28.6 Å². The molecule has 1 amide bonds. The van der Waals surface area contributed by atoms with Crippen LogP contribution in [-0.4, -0.2) is 65.7 Å². The van der Waals surface area contributed by atoms with Crippen molar-refractivity contribution in [2.75, 3.05) is 31.5 Å². The number of carbonyl (C=O) groups excluding carboxylic acids is 1. The zero-order valence-corrected chi connectivity index (χ0v) is 21.1. The van der Waals surface area contributed by atoms with Crippen LogP contribution in [0.25, 0.3) is 10.9 Å². The summed E-state index contributed by atoms with van der Waals surface area (Å²) in [4.78, 5) is 23.6. The van der Waals surface area contributed by atoms with E-state index in [4.69, 9.17) is 21.0 Å². The summed E-state index contributed by atoms with van der Waals surface area (Å²) >= 11 is 0. The van der Waals surface area contributed by atoms with Crippen molar-refractivity contribution in [3.63, 3.8) is 0 Å². The van der Waals surface area contributed by atoms with E-state index in [2.05, 4.69) is 10.2 Å². The Labute approximate surface area is 210 Å². The Kier molecular flexibility index (Phi) is 7.49. The van der Waals surface area contributed by atoms with Crippen molar-refractivity contribution in [2.45, 2.75) is 31.3 Å². The molecule has 0 aliphatic carbocycles. The minimum Gasteiger partial charge on any atom is -0.368 e. The lowest BCUT2D eigenvalue weighted by atomic mass is 10.0. The fraction of sp³-hybridized carbons (Fsp3) is 0.360. The number of anilines is 1. The molecule has 1 aliphatic rings. The number of amides is 1. The summed E-state index contributed by atoms with van der Waals surface area (Å²) in [5.41, 5.74) is 6.76. The fourth-order valence-corrected chi connectivity index (χ4v) is 5.62. The van der Waals surface area contributed by atoms with Crippen molar-refractivity contribution < 1.29 is 13.2 Å². The SMILES string of the molecule is CC(C)[C@H](Nc1nc(CN2CCN(S(=O)(=O)c3ccc(C#N)cc3)CC2)nc2ccccc12)C(N)=O. The molecule has 10 nitrogen and oxygen atoms in total. The Morgan fingerprint density at radius 3 is 2.36 bits per heavy atom. The summed E-state index contributed by atoms with van der Waals surface area (Å²) < 4.78 is 27.5. The Morgan fingerprint density at radius 2 is 1.75 bits per heavy atom. The second-order valence-corrected chi connectivity index (χ2v) is 11.0. The quantitative estimate of drug-likeness (QED) is 0.470. The van der Waals surface area contributed by atoms with E-state index < -0.39 is 22.0 Å². The third-order valence-electron chi connectivity index (χ3n) is 6.23. The number of nitrogens with one attached hydrogen (secondary N) is 1. The largest absolute Gasteiger partial charge is 0.368 e. The van der Waals surface area contributed by atoms with Gasteiger partial charge in [0.05, 0.1) is 28.6 Å². The molecule has 1 fully saturated rings. The lowest BCUT2D eigenvalue weighted by molar-refractivity contribution is -0.119. The molecule has 0 spiro atoms. The molecule has 2 heterocycles. The molecule has 188 valence electrons. The maximum atomic E-state index is 13.0. The second kappa shape index (κ2) is 10.6. The number of aromatic nitrogens is 2. The first kappa shape index (κ1) is 25.5. The van der Waals surface area contributed by atoms with Gasteiger partial charge in [-0.05, 0) is 42.3 Å². The lowest BCUT2D eigenvalue weighted by Gasteiger charge is -2.33. The summed E-state index contributed by atoms with van der Waals surface area (Å²) in [5.74, 6) is 0.654. The molecular formula is C25H29N7O3S. The van der Waals surface area contributed by atoms with Crippen LogP contribution in [0.1, 0.15) is 25.2 Å². The van der Waals surface area contributed by atoms with Crippen LogP contribution in [0.5, 0.6) is 0 Å². The molecule has 3 aromatic rings. The second-order valence-electron chi connectivity index (χ2n) is 9.09. The minimum absolute atomic E-state index is 0.0224. The van der Waals surface area contributed by atoms with Gasteiger partial charge in [-0.3, -0.25) is 9.69 Å². The normalized spacial score (nSPS) is 16.1. The van der Waals surface area contributed by atoms with Crippen LogP contribution in [0.2, 0.25) is 0 Å². The number of rotatable bonds is 8. The van der Waals surface area contributed by atoms with E-state index >= 15 is 0 Å². The first-order valence-electron chi connectivity index (χ1n) is 11.7. The summed E-state index contributed by atoms with van der Waals surface area (Å²) in [6, 6.07) is 14.9. The average molecular weight is 508 g/mol. The first-order chi connectivity index (χ1) is 17.2. The van der Waals surface area contributed by atoms with Gasteiger partial charge in [-0.1, -0.05) is 26.0 Å². The van der Waals surface area contributed by atoms with Crippen molar-refractivity contribution in [1.82, 2.24) is 19.2 Å². The molecule has 11 heteroatoms. The number of para-hydroxylation sites is 1. The van der Waals surface area contributed by atoms with Gasteiger partial charge in [0.2, 0.25) is 15.9 Å². The molecule has 2 aromatic carbocycles. The zero-order chi connectivity index (χ0) is 25.9. The summed E-state index contributed by atoms with van der Waals surface area (Å²) in [6.45, 7) is 5.97. The highest BCUT2D eigenvalue weighted by molar-refractivity contribution is 7.89. The van der Waals surface area contributed by atoms with Gasteiger partial charge in [-0.2, -0.15) is 9.57 Å². The van der Waals surface area contributed by atoms with E-state index in [0.717, 1.165) is 10.9 Å². The van der Waals surface area contributed by atoms with Crippen LogP contribution in [-0.2, 0) is 21.4 Å². The van der Waals surface area contributed by atoms with Crippen molar-refractivity contribution in [3.8, 4) is 6.07 Å². The Bertz CT molecular complexity index is 1390. The minimum atomic E-state index is -3.64. The highest BCUT2D eigenvalue weighted by Crippen LogP contribution is 2.24. The van der Waals surface area contributed by atoms with Crippen LogP contribution in [0.3, 0.4) is 0 Å². The van der Waals surface area contributed by atoms with Crippen molar-refractivity contribution in [2.24, 2.45) is 11.7 Å². The van der Waals surface area contributed by atoms with Gasteiger partial charge in [0.25, 0.3) is 0 Å². The van der Waals surface area contributed by atoms with Crippen molar-refractivity contribution >= 4 is 32.7 Å². The van der Waals surface area contributed by atoms with E-state index in [1.807, 2.05) is 44.2 Å². The maximum absolute atomic E-state index is 13.0. The van der Waals surface area contributed by atoms with Gasteiger partial charge in [-0.15, -0.1) is 0 Å². The highest BCUT2D eigenvalue weighted by atomic mass is 32.2. The lowest BCUT2D eigenvalue weighted by Crippen LogP contribution is -2.48. The molecule has 0 saturated carbocycles. The van der Waals surface area contributed by atoms with Gasteiger partial charge >= 0.3 is 0 Å². The molecule has 4 rings (SSSR count). The predicted octanol–water partition coefficient (Wildman–Crippen LogP) is 1.93. The Morgan fingerprint density at radius 1 is 1.08 bits per heavy atom. The van der Waals surface area contributed by atoms with Crippen LogP contribution in [0.4, 0.5) is 5.82 Å². The van der Waals surface area contributed by atoms with E-state index in [9.17, 15) is 13.2 Å². The maximum Gasteiger partial charge on any atom is 0.243 e. The topological polar surface area (TPSA) is 145 Å². The number of nitriles is 1. The Hall–Kier alpha value is -3.59.